The molecule has 1 aromatic rings. The molecular weight excluding hydrogens is 216 g/mol. The Bertz CT molecular complexity index is 364. The van der Waals surface area contributed by atoms with Gasteiger partial charge in [0.05, 0.1) is 18.8 Å². The topological polar surface area (TPSA) is 35.5 Å². The predicted octanol–water partition coefficient (Wildman–Crippen LogP) is 3.18. The number of carbonyl (C=O) groups excluding carboxylic acids is 1. The molecule has 0 saturated heterocycles. The van der Waals surface area contributed by atoms with E-state index >= 15 is 0 Å². The number of ether oxygens (including phenoxy) is 2. The lowest BCUT2D eigenvalue weighted by atomic mass is 9.98. The molecule has 0 radical (unpaired) electrons. The third-order valence-electron chi connectivity index (χ3n) is 3.13. The van der Waals surface area contributed by atoms with E-state index in [0.717, 1.165) is 18.6 Å². The summed E-state index contributed by atoms with van der Waals surface area (Å²) in [7, 11) is 1.38. The largest absolute Gasteiger partial charge is 0.490 e. The SMILES string of the molecule is COC(=O)c1ccc(OC2CCCCC2)cc1. The summed E-state index contributed by atoms with van der Waals surface area (Å²) >= 11 is 0. The molecule has 1 aromatic carbocycles. The van der Waals surface area contributed by atoms with Crippen molar-refractivity contribution < 1.29 is 14.3 Å². The van der Waals surface area contributed by atoms with Crippen LogP contribution < -0.4 is 4.74 Å². The molecule has 1 saturated carbocycles. The first-order chi connectivity index (χ1) is 8.29. The minimum absolute atomic E-state index is 0.311. The van der Waals surface area contributed by atoms with Gasteiger partial charge in [-0.2, -0.15) is 0 Å². The summed E-state index contributed by atoms with van der Waals surface area (Å²) in [4.78, 5) is 11.3. The van der Waals surface area contributed by atoms with Gasteiger partial charge in [0, 0.05) is 0 Å². The maximum Gasteiger partial charge on any atom is 0.337 e. The molecule has 3 heteroatoms. The fraction of sp³-hybridized carbons (Fsp3) is 0.500. The number of hydrogen-bond donors (Lipinski definition) is 0. The van der Waals surface area contributed by atoms with Gasteiger partial charge < -0.3 is 9.47 Å². The number of methoxy groups -OCH3 is 1. The van der Waals surface area contributed by atoms with Gasteiger partial charge in [-0.05, 0) is 49.9 Å². The number of benzene rings is 1. The molecule has 17 heavy (non-hydrogen) atoms. The molecule has 2 rings (SSSR count). The maximum absolute atomic E-state index is 11.3. The number of rotatable bonds is 3. The summed E-state index contributed by atoms with van der Waals surface area (Å²) in [5, 5.41) is 0. The Hall–Kier alpha value is -1.51. The molecule has 1 aliphatic carbocycles. The van der Waals surface area contributed by atoms with Crippen molar-refractivity contribution in [3.05, 3.63) is 29.8 Å². The van der Waals surface area contributed by atoms with Crippen LogP contribution in [0.25, 0.3) is 0 Å². The molecule has 0 aromatic heterocycles. The Morgan fingerprint density at radius 2 is 1.76 bits per heavy atom. The highest BCUT2D eigenvalue weighted by atomic mass is 16.5. The van der Waals surface area contributed by atoms with Gasteiger partial charge >= 0.3 is 5.97 Å². The molecular formula is C14H18O3. The standard InChI is InChI=1S/C14H18O3/c1-16-14(15)11-7-9-13(10-8-11)17-12-5-3-2-4-6-12/h7-10,12H,2-6H2,1H3. The molecule has 1 fully saturated rings. The molecule has 1 aliphatic rings. The van der Waals surface area contributed by atoms with Gasteiger partial charge in [0.25, 0.3) is 0 Å². The van der Waals surface area contributed by atoms with Crippen LogP contribution >= 0.6 is 0 Å². The zero-order chi connectivity index (χ0) is 12.1. The molecule has 0 spiro atoms. The van der Waals surface area contributed by atoms with Gasteiger partial charge in [-0.15, -0.1) is 0 Å². The summed E-state index contributed by atoms with van der Waals surface area (Å²) in [5.74, 6) is 0.527. The van der Waals surface area contributed by atoms with Gasteiger partial charge in [-0.3, -0.25) is 0 Å². The van der Waals surface area contributed by atoms with Gasteiger partial charge in [-0.25, -0.2) is 4.79 Å². The molecule has 3 nitrogen and oxygen atoms in total. The van der Waals surface area contributed by atoms with E-state index in [-0.39, 0.29) is 5.97 Å². The van der Waals surface area contributed by atoms with Crippen LogP contribution in [0.15, 0.2) is 24.3 Å². The third-order valence-corrected chi connectivity index (χ3v) is 3.13. The summed E-state index contributed by atoms with van der Waals surface area (Å²) in [6.07, 6.45) is 6.45. The van der Waals surface area contributed by atoms with E-state index in [1.165, 1.54) is 26.4 Å². The Balaban J connectivity index is 1.95. The van der Waals surface area contributed by atoms with E-state index in [9.17, 15) is 4.79 Å². The van der Waals surface area contributed by atoms with Gasteiger partial charge in [0.2, 0.25) is 0 Å². The van der Waals surface area contributed by atoms with Crippen LogP contribution in [0.5, 0.6) is 5.75 Å². The minimum atomic E-state index is -0.311. The number of esters is 1. The normalized spacial score (nSPS) is 16.5. The van der Waals surface area contributed by atoms with Crippen LogP contribution in [-0.2, 0) is 4.74 Å². The van der Waals surface area contributed by atoms with E-state index in [4.69, 9.17) is 4.74 Å². The Labute approximate surface area is 102 Å². The van der Waals surface area contributed by atoms with Gasteiger partial charge in [0.15, 0.2) is 0 Å². The monoisotopic (exact) mass is 234 g/mol. The maximum atomic E-state index is 11.3. The fourth-order valence-corrected chi connectivity index (χ4v) is 2.16. The van der Waals surface area contributed by atoms with E-state index < -0.39 is 0 Å². The smallest absolute Gasteiger partial charge is 0.337 e. The quantitative estimate of drug-likeness (QED) is 0.753. The van der Waals surface area contributed by atoms with E-state index in [2.05, 4.69) is 4.74 Å². The molecule has 0 aliphatic heterocycles. The average Bonchev–Trinajstić information content (AvgIpc) is 2.40. The van der Waals surface area contributed by atoms with Crippen molar-refractivity contribution in [3.63, 3.8) is 0 Å². The van der Waals surface area contributed by atoms with Crippen LogP contribution in [0.3, 0.4) is 0 Å². The van der Waals surface area contributed by atoms with Crippen molar-refractivity contribution in [2.24, 2.45) is 0 Å². The lowest BCUT2D eigenvalue weighted by Crippen LogP contribution is -2.19. The fourth-order valence-electron chi connectivity index (χ4n) is 2.16. The third kappa shape index (κ3) is 3.22. The van der Waals surface area contributed by atoms with Gasteiger partial charge in [-0.1, -0.05) is 6.42 Å². The lowest BCUT2D eigenvalue weighted by Gasteiger charge is -2.22. The van der Waals surface area contributed by atoms with E-state index in [1.807, 2.05) is 12.1 Å². The second-order valence-corrected chi connectivity index (χ2v) is 4.39. The van der Waals surface area contributed by atoms with Crippen molar-refractivity contribution >= 4 is 5.97 Å². The molecule has 0 unspecified atom stereocenters. The van der Waals surface area contributed by atoms with Crippen LogP contribution in [-0.4, -0.2) is 19.2 Å². The van der Waals surface area contributed by atoms with E-state index in [0.29, 0.717) is 11.7 Å². The summed E-state index contributed by atoms with van der Waals surface area (Å²) in [6.45, 7) is 0. The van der Waals surface area contributed by atoms with Crippen LogP contribution in [0.2, 0.25) is 0 Å². The van der Waals surface area contributed by atoms with Crippen molar-refractivity contribution in [2.75, 3.05) is 7.11 Å². The Morgan fingerprint density at radius 1 is 1.12 bits per heavy atom. The summed E-state index contributed by atoms with van der Waals surface area (Å²) in [5.41, 5.74) is 0.559. The molecule has 0 bridgehead atoms. The first-order valence-electron chi connectivity index (χ1n) is 6.14. The Kier molecular flexibility index (Phi) is 4.02. The molecule has 0 heterocycles. The second-order valence-electron chi connectivity index (χ2n) is 4.39. The van der Waals surface area contributed by atoms with Crippen LogP contribution in [0.4, 0.5) is 0 Å². The minimum Gasteiger partial charge on any atom is -0.490 e. The highest BCUT2D eigenvalue weighted by Crippen LogP contribution is 2.23. The second kappa shape index (κ2) is 5.71. The molecule has 0 N–H and O–H groups in total. The summed E-state index contributed by atoms with van der Waals surface area (Å²) < 4.78 is 10.5. The zero-order valence-corrected chi connectivity index (χ0v) is 10.1. The average molecular weight is 234 g/mol. The summed E-state index contributed by atoms with van der Waals surface area (Å²) in [6, 6.07) is 7.15. The molecule has 92 valence electrons. The van der Waals surface area contributed by atoms with E-state index in [1.54, 1.807) is 12.1 Å². The zero-order valence-electron chi connectivity index (χ0n) is 10.1. The van der Waals surface area contributed by atoms with Crippen molar-refractivity contribution in [3.8, 4) is 5.75 Å². The number of hydrogen-bond acceptors (Lipinski definition) is 3. The highest BCUT2D eigenvalue weighted by molar-refractivity contribution is 5.89. The van der Waals surface area contributed by atoms with Gasteiger partial charge in [0.1, 0.15) is 5.75 Å². The first-order valence-corrected chi connectivity index (χ1v) is 6.14. The predicted molar refractivity (Wildman–Crippen MR) is 65.3 cm³/mol. The molecule has 0 amide bonds. The highest BCUT2D eigenvalue weighted by Gasteiger charge is 2.14. The van der Waals surface area contributed by atoms with Crippen LogP contribution in [0.1, 0.15) is 42.5 Å². The van der Waals surface area contributed by atoms with Crippen molar-refractivity contribution in [1.29, 1.82) is 0 Å². The van der Waals surface area contributed by atoms with Crippen molar-refractivity contribution in [1.82, 2.24) is 0 Å². The molecule has 0 atom stereocenters. The van der Waals surface area contributed by atoms with Crippen molar-refractivity contribution in [2.45, 2.75) is 38.2 Å². The Morgan fingerprint density at radius 3 is 2.35 bits per heavy atom. The first kappa shape index (κ1) is 12.0. The lowest BCUT2D eigenvalue weighted by molar-refractivity contribution is 0.0600. The number of carbonyl (C=O) groups is 1. The van der Waals surface area contributed by atoms with Crippen LogP contribution in [0, 0.1) is 0 Å².